The lowest BCUT2D eigenvalue weighted by Crippen LogP contribution is -2.03. The van der Waals surface area contributed by atoms with Crippen LogP contribution in [0.3, 0.4) is 0 Å². The van der Waals surface area contributed by atoms with Crippen molar-refractivity contribution in [2.45, 2.75) is 0 Å². The van der Waals surface area contributed by atoms with E-state index in [-0.39, 0.29) is 12.1 Å². The fourth-order valence-electron chi connectivity index (χ4n) is 0.487. The minimum absolute atomic E-state index is 0.112. The molecule has 0 spiro atoms. The second-order valence-corrected chi connectivity index (χ2v) is 1.97. The first-order valence-corrected chi connectivity index (χ1v) is 3.07. The number of rotatable bonds is 4. The highest BCUT2D eigenvalue weighted by molar-refractivity contribution is 5.90. The molecule has 0 bridgehead atoms. The molecular weight excluding hydrogens is 142 g/mol. The lowest BCUT2D eigenvalue weighted by Gasteiger charge is -1.95. The number of aliphatic carboxylic acids is 1. The molecule has 60 valence electrons. The van der Waals surface area contributed by atoms with Crippen molar-refractivity contribution in [3.05, 3.63) is 36.5 Å². The molecule has 0 aliphatic heterocycles. The molecule has 0 fully saturated rings. The number of carboxylic acids is 1. The van der Waals surface area contributed by atoms with Gasteiger partial charge in [0.2, 0.25) is 0 Å². The molecule has 11 heavy (non-hydrogen) atoms. The largest absolute Gasteiger partial charge is 0.478 e. The van der Waals surface area contributed by atoms with Crippen LogP contribution >= 0.6 is 0 Å². The van der Waals surface area contributed by atoms with Gasteiger partial charge in [-0.3, -0.25) is 0 Å². The summed E-state index contributed by atoms with van der Waals surface area (Å²) in [5.41, 5.74) is 5.89. The van der Waals surface area contributed by atoms with Crippen molar-refractivity contribution in [1.82, 2.24) is 0 Å². The first-order valence-electron chi connectivity index (χ1n) is 3.07. The van der Waals surface area contributed by atoms with Crippen molar-refractivity contribution in [3.8, 4) is 0 Å². The summed E-state index contributed by atoms with van der Waals surface area (Å²) in [6, 6.07) is 0. The van der Waals surface area contributed by atoms with Gasteiger partial charge in [-0.05, 0) is 11.6 Å². The van der Waals surface area contributed by atoms with Gasteiger partial charge < -0.3 is 10.8 Å². The SMILES string of the molecule is C=C/C(=C\C(=C)CN)C(=O)O. The summed E-state index contributed by atoms with van der Waals surface area (Å²) in [7, 11) is 0. The normalized spacial score (nSPS) is 10.8. The average Bonchev–Trinajstić information content (AvgIpc) is 1.99. The quantitative estimate of drug-likeness (QED) is 0.461. The van der Waals surface area contributed by atoms with Gasteiger partial charge in [0.1, 0.15) is 0 Å². The molecule has 0 aliphatic carbocycles. The highest BCUT2D eigenvalue weighted by Gasteiger charge is 2.00. The number of carboxylic acid groups (broad SMARTS) is 1. The van der Waals surface area contributed by atoms with E-state index < -0.39 is 5.97 Å². The molecule has 0 rings (SSSR count). The van der Waals surface area contributed by atoms with Crippen LogP contribution < -0.4 is 5.73 Å². The molecule has 0 aromatic carbocycles. The first kappa shape index (κ1) is 9.65. The third kappa shape index (κ3) is 3.37. The van der Waals surface area contributed by atoms with Crippen LogP contribution in [0.5, 0.6) is 0 Å². The van der Waals surface area contributed by atoms with E-state index in [2.05, 4.69) is 13.2 Å². The Hall–Kier alpha value is -1.35. The molecule has 0 saturated carbocycles. The third-order valence-corrected chi connectivity index (χ3v) is 1.09. The van der Waals surface area contributed by atoms with Crippen LogP contribution in [0, 0.1) is 0 Å². The molecular formula is C8H11NO2. The Morgan fingerprint density at radius 1 is 1.64 bits per heavy atom. The Labute approximate surface area is 65.5 Å². The third-order valence-electron chi connectivity index (χ3n) is 1.09. The Morgan fingerprint density at radius 2 is 2.18 bits per heavy atom. The summed E-state index contributed by atoms with van der Waals surface area (Å²) in [6.45, 7) is 7.12. The van der Waals surface area contributed by atoms with E-state index in [0.29, 0.717) is 5.57 Å². The topological polar surface area (TPSA) is 63.3 Å². The second-order valence-electron chi connectivity index (χ2n) is 1.97. The summed E-state index contributed by atoms with van der Waals surface area (Å²) in [5.74, 6) is -1.02. The maximum atomic E-state index is 10.4. The van der Waals surface area contributed by atoms with Crippen molar-refractivity contribution in [3.63, 3.8) is 0 Å². The molecule has 0 atom stereocenters. The fraction of sp³-hybridized carbons (Fsp3) is 0.125. The molecule has 3 N–H and O–H groups in total. The minimum atomic E-state index is -1.02. The maximum Gasteiger partial charge on any atom is 0.335 e. The first-order chi connectivity index (χ1) is 5.11. The van der Waals surface area contributed by atoms with Crippen LogP contribution in [0.4, 0.5) is 0 Å². The molecule has 0 aliphatic rings. The van der Waals surface area contributed by atoms with E-state index in [1.807, 2.05) is 0 Å². The Bertz CT molecular complexity index is 216. The smallest absolute Gasteiger partial charge is 0.335 e. The maximum absolute atomic E-state index is 10.4. The number of hydrogen-bond donors (Lipinski definition) is 2. The molecule has 0 radical (unpaired) electrons. The van der Waals surface area contributed by atoms with Crippen molar-refractivity contribution < 1.29 is 9.90 Å². The molecule has 0 aromatic rings. The number of nitrogens with two attached hydrogens (primary N) is 1. The van der Waals surface area contributed by atoms with E-state index in [1.54, 1.807) is 0 Å². The monoisotopic (exact) mass is 153 g/mol. The van der Waals surface area contributed by atoms with Crippen LogP contribution in [0.2, 0.25) is 0 Å². The average molecular weight is 153 g/mol. The summed E-state index contributed by atoms with van der Waals surface area (Å²) in [5, 5.41) is 8.50. The molecule has 0 amide bonds. The minimum Gasteiger partial charge on any atom is -0.478 e. The fourth-order valence-corrected chi connectivity index (χ4v) is 0.487. The zero-order valence-corrected chi connectivity index (χ0v) is 6.21. The van der Waals surface area contributed by atoms with Crippen LogP contribution in [0.25, 0.3) is 0 Å². The van der Waals surface area contributed by atoms with E-state index in [0.717, 1.165) is 0 Å². The highest BCUT2D eigenvalue weighted by Crippen LogP contribution is 2.00. The molecule has 0 aromatic heterocycles. The van der Waals surface area contributed by atoms with Gasteiger partial charge in [-0.1, -0.05) is 19.2 Å². The predicted octanol–water partition coefficient (Wildman–Crippen LogP) is 0.698. The van der Waals surface area contributed by atoms with Crippen molar-refractivity contribution in [1.29, 1.82) is 0 Å². The van der Waals surface area contributed by atoms with Gasteiger partial charge in [-0.25, -0.2) is 4.79 Å². The van der Waals surface area contributed by atoms with Crippen molar-refractivity contribution in [2.24, 2.45) is 5.73 Å². The summed E-state index contributed by atoms with van der Waals surface area (Å²) >= 11 is 0. The highest BCUT2D eigenvalue weighted by atomic mass is 16.4. The molecule has 0 unspecified atom stereocenters. The van der Waals surface area contributed by atoms with E-state index in [4.69, 9.17) is 10.8 Å². The van der Waals surface area contributed by atoms with Crippen LogP contribution in [0.15, 0.2) is 36.5 Å². The summed E-state index contributed by atoms with van der Waals surface area (Å²) < 4.78 is 0. The van der Waals surface area contributed by atoms with Crippen LogP contribution in [-0.4, -0.2) is 17.6 Å². The second kappa shape index (κ2) is 4.46. The van der Waals surface area contributed by atoms with Crippen molar-refractivity contribution in [2.75, 3.05) is 6.54 Å². The Morgan fingerprint density at radius 3 is 2.45 bits per heavy atom. The molecule has 3 heteroatoms. The Balaban J connectivity index is 4.48. The lowest BCUT2D eigenvalue weighted by atomic mass is 10.2. The van der Waals surface area contributed by atoms with Gasteiger partial charge in [0.15, 0.2) is 0 Å². The van der Waals surface area contributed by atoms with Crippen LogP contribution in [0.1, 0.15) is 0 Å². The standard InChI is InChI=1S/C8H11NO2/c1-3-7(8(10)11)4-6(2)5-9/h3-4H,1-2,5,9H2,(H,10,11)/b7-4+. The predicted molar refractivity (Wildman–Crippen MR) is 44.1 cm³/mol. The van der Waals surface area contributed by atoms with E-state index in [1.165, 1.54) is 12.2 Å². The van der Waals surface area contributed by atoms with Gasteiger partial charge in [-0.15, -0.1) is 0 Å². The van der Waals surface area contributed by atoms with E-state index in [9.17, 15) is 4.79 Å². The van der Waals surface area contributed by atoms with Crippen LogP contribution in [-0.2, 0) is 4.79 Å². The lowest BCUT2D eigenvalue weighted by molar-refractivity contribution is -0.132. The Kier molecular flexibility index (Phi) is 3.92. The number of carbonyl (C=O) groups is 1. The van der Waals surface area contributed by atoms with E-state index >= 15 is 0 Å². The summed E-state index contributed by atoms with van der Waals surface area (Å²) in [4.78, 5) is 10.4. The zero-order chi connectivity index (χ0) is 8.85. The van der Waals surface area contributed by atoms with Gasteiger partial charge in [0.25, 0.3) is 0 Å². The van der Waals surface area contributed by atoms with Gasteiger partial charge >= 0.3 is 5.97 Å². The molecule has 3 nitrogen and oxygen atoms in total. The van der Waals surface area contributed by atoms with Gasteiger partial charge in [-0.2, -0.15) is 0 Å². The summed E-state index contributed by atoms with van der Waals surface area (Å²) in [6.07, 6.45) is 2.65. The number of hydrogen-bond acceptors (Lipinski definition) is 2. The zero-order valence-electron chi connectivity index (χ0n) is 6.21. The van der Waals surface area contributed by atoms with Gasteiger partial charge in [0.05, 0.1) is 5.57 Å². The molecule has 0 saturated heterocycles. The molecule has 0 heterocycles. The van der Waals surface area contributed by atoms with Gasteiger partial charge in [0, 0.05) is 6.54 Å². The van der Waals surface area contributed by atoms with Crippen molar-refractivity contribution >= 4 is 5.97 Å².